The quantitative estimate of drug-likeness (QED) is 0.140. The molecule has 3 aliphatic rings. The van der Waals surface area contributed by atoms with Crippen LogP contribution < -0.4 is 0 Å². The predicted octanol–water partition coefficient (Wildman–Crippen LogP) is 21.9. The van der Waals surface area contributed by atoms with Crippen molar-refractivity contribution in [2.45, 2.75) is 52.9 Å². The molecule has 0 aromatic heterocycles. The van der Waals surface area contributed by atoms with Crippen molar-refractivity contribution in [2.75, 3.05) is 0 Å². The Bertz CT molecular complexity index is 4460. The van der Waals surface area contributed by atoms with Crippen LogP contribution in [0.3, 0.4) is 0 Å². The predicted molar refractivity (Wildman–Crippen MR) is 338 cm³/mol. The van der Waals surface area contributed by atoms with Crippen LogP contribution >= 0.6 is 0 Å². The topological polar surface area (TPSA) is 0 Å². The van der Waals surface area contributed by atoms with E-state index in [0.717, 1.165) is 12.8 Å². The molecule has 15 rings (SSSR count). The highest BCUT2D eigenvalue weighted by Crippen LogP contribution is 2.52. The molecular formula is C79H60. The van der Waals surface area contributed by atoms with Gasteiger partial charge in [0, 0.05) is 5.41 Å². The molecule has 0 N–H and O–H groups in total. The Balaban J connectivity index is 0.660. The van der Waals surface area contributed by atoms with Crippen LogP contribution in [0.1, 0.15) is 68.9 Å². The van der Waals surface area contributed by atoms with E-state index >= 15 is 0 Å². The second-order valence-corrected chi connectivity index (χ2v) is 23.9. The molecule has 0 spiro atoms. The first-order valence-electron chi connectivity index (χ1n) is 28.2. The van der Waals surface area contributed by atoms with Gasteiger partial charge in [-0.3, -0.25) is 0 Å². The molecule has 12 aromatic rings. The number of hydrogen-bond donors (Lipinski definition) is 0. The lowest BCUT2D eigenvalue weighted by Gasteiger charge is -2.32. The third-order valence-electron chi connectivity index (χ3n) is 18.0. The Labute approximate surface area is 464 Å². The lowest BCUT2D eigenvalue weighted by Crippen LogP contribution is -2.15. The zero-order chi connectivity index (χ0) is 53.1. The molecule has 0 aliphatic heterocycles. The Morgan fingerprint density at radius 1 is 0.342 bits per heavy atom. The zero-order valence-corrected chi connectivity index (χ0v) is 45.6. The second-order valence-electron chi connectivity index (χ2n) is 23.9. The highest BCUT2D eigenvalue weighted by molar-refractivity contribution is 6.21. The molecule has 0 nitrogen and oxygen atoms in total. The first-order chi connectivity index (χ1) is 38.5. The van der Waals surface area contributed by atoms with Crippen molar-refractivity contribution in [3.8, 4) is 89.0 Å². The Kier molecular flexibility index (Phi) is 10.7. The van der Waals surface area contributed by atoms with Gasteiger partial charge in [-0.15, -0.1) is 0 Å². The van der Waals surface area contributed by atoms with Gasteiger partial charge in [-0.25, -0.2) is 0 Å². The number of allylic oxidation sites excluding steroid dienone is 3. The Morgan fingerprint density at radius 2 is 0.747 bits per heavy atom. The van der Waals surface area contributed by atoms with Crippen LogP contribution in [0, 0.1) is 5.41 Å². The van der Waals surface area contributed by atoms with Crippen molar-refractivity contribution in [1.82, 2.24) is 0 Å². The van der Waals surface area contributed by atoms with Gasteiger partial charge < -0.3 is 0 Å². The Morgan fingerprint density at radius 3 is 1.23 bits per heavy atom. The molecule has 0 unspecified atom stereocenters. The molecule has 0 amide bonds. The molecule has 0 heteroatoms. The summed E-state index contributed by atoms with van der Waals surface area (Å²) >= 11 is 0. The third-order valence-corrected chi connectivity index (χ3v) is 18.0. The van der Waals surface area contributed by atoms with E-state index in [9.17, 15) is 0 Å². The van der Waals surface area contributed by atoms with Gasteiger partial charge in [0.25, 0.3) is 0 Å². The molecule has 0 atom stereocenters. The maximum Gasteiger partial charge on any atom is 0.0159 e. The molecule has 0 radical (unpaired) electrons. The first kappa shape index (κ1) is 47.1. The van der Waals surface area contributed by atoms with Crippen molar-refractivity contribution >= 4 is 44.0 Å². The molecule has 12 aromatic carbocycles. The second kappa shape index (κ2) is 18.0. The van der Waals surface area contributed by atoms with E-state index in [0.29, 0.717) is 0 Å². The first-order valence-corrected chi connectivity index (χ1v) is 28.2. The maximum absolute atomic E-state index is 2.48. The fourth-order valence-corrected chi connectivity index (χ4v) is 13.7. The standard InChI is InChI=1S/C79H60/c1-78(2,3)63-45-61-36-35-58-37-41-64(71-44-40-62(46-63)74(61)77(58)71)55-31-27-54(28-32-55)60-39-43-66-65-42-38-59(47-72(65)79(4,5)73(66)48-60)53-25-23-51(24-26-53)49-19-21-50(22-20-49)52-29-33-57(34-30-52)76-69-17-11-9-15-67(69)75(56-13-7-6-8-14-56)68-16-10-12-18-70(68)76/h6-34,36-44,46-48H,35,45H2,1-5H3. The van der Waals surface area contributed by atoms with Crippen LogP contribution in [-0.4, -0.2) is 0 Å². The Hall–Kier alpha value is -9.10. The van der Waals surface area contributed by atoms with Gasteiger partial charge in [0.15, 0.2) is 0 Å². The largest absolute Gasteiger partial charge is 0.0759 e. The van der Waals surface area contributed by atoms with E-state index in [4.69, 9.17) is 0 Å². The van der Waals surface area contributed by atoms with Gasteiger partial charge in [0.05, 0.1) is 0 Å². The van der Waals surface area contributed by atoms with E-state index in [1.165, 1.54) is 160 Å². The fraction of sp³-hybridized carbons (Fsp3) is 0.114. The smallest absolute Gasteiger partial charge is 0.0159 e. The van der Waals surface area contributed by atoms with Crippen LogP contribution in [0.25, 0.3) is 133 Å². The van der Waals surface area contributed by atoms with E-state index in [1.807, 2.05) is 0 Å². The molecule has 0 fully saturated rings. The summed E-state index contributed by atoms with van der Waals surface area (Å²) in [5.41, 5.74) is 30.2. The molecule has 0 bridgehead atoms. The van der Waals surface area contributed by atoms with Gasteiger partial charge in [0.2, 0.25) is 0 Å². The summed E-state index contributed by atoms with van der Waals surface area (Å²) in [5, 5.41) is 7.91. The van der Waals surface area contributed by atoms with E-state index in [1.54, 1.807) is 0 Å². The van der Waals surface area contributed by atoms with Crippen molar-refractivity contribution in [2.24, 2.45) is 5.41 Å². The fourth-order valence-electron chi connectivity index (χ4n) is 13.7. The van der Waals surface area contributed by atoms with E-state index in [-0.39, 0.29) is 10.8 Å². The number of fused-ring (bicyclic) bond motifs is 5. The van der Waals surface area contributed by atoms with Crippen molar-refractivity contribution in [3.05, 3.63) is 276 Å². The van der Waals surface area contributed by atoms with Crippen LogP contribution in [-0.2, 0) is 11.8 Å². The summed E-state index contributed by atoms with van der Waals surface area (Å²) in [6, 6.07) is 88.9. The lowest BCUT2D eigenvalue weighted by atomic mass is 9.72. The monoisotopic (exact) mass is 1010 g/mol. The summed E-state index contributed by atoms with van der Waals surface area (Å²) in [6.07, 6.45) is 7.00. The van der Waals surface area contributed by atoms with Gasteiger partial charge in [-0.1, -0.05) is 277 Å². The van der Waals surface area contributed by atoms with Crippen molar-refractivity contribution in [1.29, 1.82) is 0 Å². The van der Waals surface area contributed by atoms with Crippen molar-refractivity contribution in [3.63, 3.8) is 0 Å². The molecule has 0 heterocycles. The minimum atomic E-state index is -0.142. The number of hydrogen-bond acceptors (Lipinski definition) is 0. The average Bonchev–Trinajstić information content (AvgIpc) is 3.78. The minimum Gasteiger partial charge on any atom is -0.0759 e. The van der Waals surface area contributed by atoms with Gasteiger partial charge in [-0.2, -0.15) is 0 Å². The van der Waals surface area contributed by atoms with Gasteiger partial charge in [-0.05, 0) is 185 Å². The third kappa shape index (κ3) is 7.72. The highest BCUT2D eigenvalue weighted by atomic mass is 14.4. The van der Waals surface area contributed by atoms with Gasteiger partial charge in [0.1, 0.15) is 0 Å². The molecule has 376 valence electrons. The average molecular weight is 1010 g/mol. The van der Waals surface area contributed by atoms with Crippen LogP contribution in [0.4, 0.5) is 0 Å². The summed E-state index contributed by atoms with van der Waals surface area (Å²) < 4.78 is 0. The van der Waals surface area contributed by atoms with Crippen LogP contribution in [0.15, 0.2) is 248 Å². The zero-order valence-electron chi connectivity index (χ0n) is 45.6. The lowest BCUT2D eigenvalue weighted by molar-refractivity contribution is 0.498. The number of benzene rings is 12. The summed E-state index contributed by atoms with van der Waals surface area (Å²) in [4.78, 5) is 0. The summed E-state index contributed by atoms with van der Waals surface area (Å²) in [5.74, 6) is 0. The normalized spacial score (nSPS) is 14.0. The molecule has 0 saturated carbocycles. The van der Waals surface area contributed by atoms with Crippen LogP contribution in [0.5, 0.6) is 0 Å². The van der Waals surface area contributed by atoms with E-state index < -0.39 is 0 Å². The SMILES string of the molecule is CC(C)(C)C1=Cc2ccc3c(-c4ccc(-c5ccc6c(c5)C(C)(C)c5cc(-c7ccc(-c8ccc(-c9ccc(-c%10c%11ccccc%11c(-c%11ccccc%11)c%11ccccc%10%11)cc9)cc8)cc7)ccc5-6)cc4)ccc4c3c2C(=CC4)C1. The van der Waals surface area contributed by atoms with Gasteiger partial charge >= 0.3 is 0 Å². The molecule has 0 saturated heterocycles. The maximum atomic E-state index is 2.48. The number of rotatable bonds is 7. The highest BCUT2D eigenvalue weighted by Gasteiger charge is 2.36. The summed E-state index contributed by atoms with van der Waals surface area (Å²) in [6.45, 7) is 11.8. The van der Waals surface area contributed by atoms with Crippen molar-refractivity contribution < 1.29 is 0 Å². The summed E-state index contributed by atoms with van der Waals surface area (Å²) in [7, 11) is 0. The van der Waals surface area contributed by atoms with E-state index in [2.05, 4.69) is 283 Å². The molecule has 79 heavy (non-hydrogen) atoms. The minimum absolute atomic E-state index is 0.142. The molecular weight excluding hydrogens is 949 g/mol. The van der Waals surface area contributed by atoms with Crippen LogP contribution in [0.2, 0.25) is 0 Å². The molecule has 3 aliphatic carbocycles.